The van der Waals surface area contributed by atoms with Crippen LogP contribution in [-0.4, -0.2) is 5.11 Å². The molecular weight excluding hydrogens is 218 g/mol. The topological polar surface area (TPSA) is 76.5 Å². The third-order valence-corrected chi connectivity index (χ3v) is 2.67. The molecule has 0 spiro atoms. The fraction of sp³-hybridized carbons (Fsp3) is 0.154. The summed E-state index contributed by atoms with van der Waals surface area (Å²) in [7, 11) is 0. The fourth-order valence-corrected chi connectivity index (χ4v) is 1.85. The molecule has 1 aliphatic rings. The number of allylic oxidation sites excluding steroid dienone is 2. The highest BCUT2D eigenvalue weighted by atomic mass is 16.4. The fourth-order valence-electron chi connectivity index (χ4n) is 1.85. The Balaban J connectivity index is 2.83. The number of hydrogen-bond donors (Lipinski definition) is 2. The van der Waals surface area contributed by atoms with Crippen LogP contribution in [0.3, 0.4) is 0 Å². The second kappa shape index (κ2) is 3.97. The number of aliphatic hydroxyl groups is 1. The minimum Gasteiger partial charge on any atom is -0.512 e. The van der Waals surface area contributed by atoms with Gasteiger partial charge in [0.15, 0.2) is 0 Å². The second-order valence-corrected chi connectivity index (χ2v) is 3.98. The van der Waals surface area contributed by atoms with E-state index in [9.17, 15) is 9.90 Å². The highest BCUT2D eigenvalue weighted by Gasteiger charge is 2.14. The van der Waals surface area contributed by atoms with E-state index < -0.39 is 5.63 Å². The first-order valence-corrected chi connectivity index (χ1v) is 5.19. The van der Waals surface area contributed by atoms with E-state index in [2.05, 4.69) is 13.2 Å². The summed E-state index contributed by atoms with van der Waals surface area (Å²) < 4.78 is 5.12. The van der Waals surface area contributed by atoms with Gasteiger partial charge < -0.3 is 15.3 Å². The van der Waals surface area contributed by atoms with Gasteiger partial charge >= 0.3 is 5.63 Å². The van der Waals surface area contributed by atoms with Crippen LogP contribution in [0.25, 0.3) is 18.7 Å². The van der Waals surface area contributed by atoms with Gasteiger partial charge in [0.25, 0.3) is 0 Å². The van der Waals surface area contributed by atoms with Crippen LogP contribution < -0.4 is 21.8 Å². The molecule has 1 aromatic rings. The molecule has 0 amide bonds. The predicted molar refractivity (Wildman–Crippen MR) is 66.5 cm³/mol. The van der Waals surface area contributed by atoms with Gasteiger partial charge in [-0.1, -0.05) is 13.2 Å². The summed E-state index contributed by atoms with van der Waals surface area (Å²) in [5.74, 6) is 0.587. The van der Waals surface area contributed by atoms with Crippen molar-refractivity contribution in [2.45, 2.75) is 12.8 Å². The third-order valence-electron chi connectivity index (χ3n) is 2.67. The van der Waals surface area contributed by atoms with E-state index in [4.69, 9.17) is 10.2 Å². The van der Waals surface area contributed by atoms with Gasteiger partial charge in [0.2, 0.25) is 0 Å². The molecule has 1 heterocycles. The molecule has 4 heteroatoms. The van der Waals surface area contributed by atoms with E-state index in [1.165, 1.54) is 12.2 Å². The average molecular weight is 231 g/mol. The van der Waals surface area contributed by atoms with E-state index in [1.54, 1.807) is 0 Å². The molecule has 0 fully saturated rings. The van der Waals surface area contributed by atoms with Crippen molar-refractivity contribution < 1.29 is 9.52 Å². The zero-order chi connectivity index (χ0) is 12.6. The Bertz CT molecular complexity index is 680. The Morgan fingerprint density at radius 1 is 1.53 bits per heavy atom. The van der Waals surface area contributed by atoms with Crippen molar-refractivity contribution in [1.29, 1.82) is 0 Å². The molecule has 4 nitrogen and oxygen atoms in total. The molecule has 3 N–H and O–H groups in total. The Kier molecular flexibility index (Phi) is 2.63. The molecule has 0 radical (unpaired) electrons. The molecular formula is C13H13NO3. The van der Waals surface area contributed by atoms with Gasteiger partial charge in [0.1, 0.15) is 5.76 Å². The summed E-state index contributed by atoms with van der Waals surface area (Å²) in [6, 6.07) is 0. The summed E-state index contributed by atoms with van der Waals surface area (Å²) in [6.45, 7) is 7.39. The first-order chi connectivity index (χ1) is 7.99. The van der Waals surface area contributed by atoms with Crippen molar-refractivity contribution in [3.05, 3.63) is 50.2 Å². The van der Waals surface area contributed by atoms with Gasteiger partial charge in [-0.2, -0.15) is 0 Å². The smallest absolute Gasteiger partial charge is 0.344 e. The van der Waals surface area contributed by atoms with Gasteiger partial charge in [-0.05, 0) is 17.7 Å². The van der Waals surface area contributed by atoms with Crippen molar-refractivity contribution in [2.75, 3.05) is 0 Å². The highest BCUT2D eigenvalue weighted by Crippen LogP contribution is 2.17. The molecule has 0 atom stereocenters. The number of rotatable bonds is 1. The maximum Gasteiger partial charge on any atom is 0.344 e. The van der Waals surface area contributed by atoms with Crippen LogP contribution in [0.2, 0.25) is 0 Å². The zero-order valence-electron chi connectivity index (χ0n) is 9.32. The van der Waals surface area contributed by atoms with Crippen LogP contribution in [0.1, 0.15) is 17.7 Å². The Morgan fingerprint density at radius 2 is 2.24 bits per heavy atom. The third kappa shape index (κ3) is 2.01. The zero-order valence-corrected chi connectivity index (χ0v) is 9.32. The number of aliphatic hydroxyl groups excluding tert-OH is 1. The van der Waals surface area contributed by atoms with Crippen molar-refractivity contribution in [3.63, 3.8) is 0 Å². The lowest BCUT2D eigenvalue weighted by atomic mass is 9.99. The first-order valence-electron chi connectivity index (χ1n) is 5.19. The minimum absolute atomic E-state index is 0.208. The quantitative estimate of drug-likeness (QED) is 0.721. The second-order valence-electron chi connectivity index (χ2n) is 3.98. The monoisotopic (exact) mass is 231 g/mol. The van der Waals surface area contributed by atoms with Gasteiger partial charge in [-0.25, -0.2) is 4.79 Å². The van der Waals surface area contributed by atoms with Gasteiger partial charge in [0, 0.05) is 23.8 Å². The summed E-state index contributed by atoms with van der Waals surface area (Å²) in [6.07, 6.45) is 4.02. The summed E-state index contributed by atoms with van der Waals surface area (Å²) in [4.78, 5) is 11.7. The summed E-state index contributed by atoms with van der Waals surface area (Å²) >= 11 is 0. The largest absolute Gasteiger partial charge is 0.512 e. The number of hydrogen-bond acceptors (Lipinski definition) is 4. The van der Waals surface area contributed by atoms with Crippen molar-refractivity contribution in [1.82, 2.24) is 0 Å². The highest BCUT2D eigenvalue weighted by molar-refractivity contribution is 5.54. The molecule has 88 valence electrons. The van der Waals surface area contributed by atoms with Crippen molar-refractivity contribution >= 4 is 18.7 Å². The van der Waals surface area contributed by atoms with Gasteiger partial charge in [-0.3, -0.25) is 0 Å². The lowest BCUT2D eigenvalue weighted by molar-refractivity contribution is 0.382. The summed E-state index contributed by atoms with van der Waals surface area (Å²) in [5.41, 5.74) is 6.03. The average Bonchev–Trinajstić information content (AvgIpc) is 2.23. The van der Waals surface area contributed by atoms with Crippen LogP contribution >= 0.6 is 0 Å². The van der Waals surface area contributed by atoms with Gasteiger partial charge in [-0.15, -0.1) is 0 Å². The van der Waals surface area contributed by atoms with Crippen LogP contribution in [0.5, 0.6) is 0 Å². The van der Waals surface area contributed by atoms with Crippen LogP contribution in [0.4, 0.5) is 0 Å². The molecule has 0 aliphatic heterocycles. The van der Waals surface area contributed by atoms with Crippen molar-refractivity contribution in [2.24, 2.45) is 5.73 Å². The van der Waals surface area contributed by atoms with E-state index in [1.807, 2.05) is 0 Å². The number of nitrogens with two attached hydrogens (primary N) is 1. The van der Waals surface area contributed by atoms with Crippen LogP contribution in [0.15, 0.2) is 27.2 Å². The van der Waals surface area contributed by atoms with E-state index >= 15 is 0 Å². The molecule has 0 unspecified atom stereocenters. The van der Waals surface area contributed by atoms with E-state index in [0.717, 1.165) is 5.56 Å². The molecule has 1 aromatic heterocycles. The van der Waals surface area contributed by atoms with Crippen LogP contribution in [-0.2, 0) is 6.42 Å². The number of fused-ring (bicyclic) bond motifs is 1. The molecule has 0 saturated heterocycles. The molecule has 0 saturated carbocycles. The molecule has 0 bridgehead atoms. The van der Waals surface area contributed by atoms with Crippen molar-refractivity contribution in [3.8, 4) is 0 Å². The lowest BCUT2D eigenvalue weighted by Gasteiger charge is -2.11. The molecule has 1 aliphatic carbocycles. The normalized spacial score (nSPS) is 15.3. The van der Waals surface area contributed by atoms with E-state index in [0.29, 0.717) is 29.0 Å². The SMILES string of the molecule is C=C(N)/C=c1/c(=O)oc2c(c1=C)CCC(O)=C2. The lowest BCUT2D eigenvalue weighted by Crippen LogP contribution is -2.41. The van der Waals surface area contributed by atoms with E-state index in [-0.39, 0.29) is 11.5 Å². The Labute approximate surface area is 97.7 Å². The predicted octanol–water partition coefficient (Wildman–Crippen LogP) is 0.148. The first kappa shape index (κ1) is 11.3. The summed E-state index contributed by atoms with van der Waals surface area (Å²) in [5, 5.41) is 10.3. The Hall–Kier alpha value is -2.23. The maximum absolute atomic E-state index is 11.7. The van der Waals surface area contributed by atoms with Crippen LogP contribution in [0, 0.1) is 0 Å². The molecule has 17 heavy (non-hydrogen) atoms. The standard InChI is InChI=1S/C13H13NO3/c1-7(14)5-11-8(2)10-4-3-9(15)6-12(10)17-13(11)16/h5-6,15H,1-4,14H2/b11-5+. The molecule has 2 rings (SSSR count). The Morgan fingerprint density at radius 3 is 2.88 bits per heavy atom. The maximum atomic E-state index is 11.7. The van der Waals surface area contributed by atoms with Gasteiger partial charge in [0.05, 0.1) is 11.0 Å². The molecule has 0 aromatic carbocycles. The minimum atomic E-state index is -0.522.